The topological polar surface area (TPSA) is 26.0 Å². The zero-order valence-corrected chi connectivity index (χ0v) is 9.77. The number of aryl methyl sites for hydroxylation is 2. The van der Waals surface area contributed by atoms with E-state index in [9.17, 15) is 0 Å². The van der Waals surface area contributed by atoms with Crippen molar-refractivity contribution in [3.63, 3.8) is 0 Å². The summed E-state index contributed by atoms with van der Waals surface area (Å²) in [5.41, 5.74) is 11.2. The molecule has 2 aromatic rings. The van der Waals surface area contributed by atoms with Crippen molar-refractivity contribution in [2.45, 2.75) is 19.9 Å². The largest absolute Gasteiger partial charge is 0.320 e. The zero-order valence-electron chi connectivity index (χ0n) is 9.77. The smallest absolute Gasteiger partial charge is 0.0551 e. The van der Waals surface area contributed by atoms with Gasteiger partial charge in [0, 0.05) is 0 Å². The van der Waals surface area contributed by atoms with Crippen LogP contribution in [0.2, 0.25) is 0 Å². The van der Waals surface area contributed by atoms with Gasteiger partial charge in [-0.2, -0.15) is 0 Å². The highest BCUT2D eigenvalue weighted by Gasteiger charge is 2.08. The van der Waals surface area contributed by atoms with E-state index in [4.69, 9.17) is 5.73 Å². The lowest BCUT2D eigenvalue weighted by Gasteiger charge is -2.14. The molecule has 0 aliphatic rings. The highest BCUT2D eigenvalue weighted by molar-refractivity contribution is 5.36. The lowest BCUT2D eigenvalue weighted by Crippen LogP contribution is -2.11. The van der Waals surface area contributed by atoms with Crippen LogP contribution in [-0.4, -0.2) is 0 Å². The van der Waals surface area contributed by atoms with Gasteiger partial charge < -0.3 is 5.73 Å². The van der Waals surface area contributed by atoms with Crippen molar-refractivity contribution in [3.05, 3.63) is 70.8 Å². The maximum atomic E-state index is 6.24. The Labute approximate surface area is 96.9 Å². The van der Waals surface area contributed by atoms with E-state index in [0.29, 0.717) is 0 Å². The molecule has 1 nitrogen and oxygen atoms in total. The predicted octanol–water partition coefficient (Wildman–Crippen LogP) is 3.35. The van der Waals surface area contributed by atoms with Gasteiger partial charge in [0.2, 0.25) is 0 Å². The quantitative estimate of drug-likeness (QED) is 0.810. The molecule has 0 bridgehead atoms. The van der Waals surface area contributed by atoms with Crippen molar-refractivity contribution in [2.24, 2.45) is 5.73 Å². The predicted molar refractivity (Wildman–Crippen MR) is 68.4 cm³/mol. The van der Waals surface area contributed by atoms with Gasteiger partial charge in [0.1, 0.15) is 0 Å². The molecule has 0 amide bonds. The van der Waals surface area contributed by atoms with Crippen LogP contribution in [0.5, 0.6) is 0 Å². The first-order valence-electron chi connectivity index (χ1n) is 5.56. The van der Waals surface area contributed by atoms with Gasteiger partial charge in [-0.1, -0.05) is 48.5 Å². The molecule has 0 aliphatic carbocycles. The molecule has 0 saturated heterocycles. The Morgan fingerprint density at radius 2 is 1.50 bits per heavy atom. The summed E-state index contributed by atoms with van der Waals surface area (Å²) in [6, 6.07) is 16.6. The van der Waals surface area contributed by atoms with Crippen LogP contribution in [0, 0.1) is 13.8 Å². The summed E-state index contributed by atoms with van der Waals surface area (Å²) in [6.45, 7) is 4.24. The van der Waals surface area contributed by atoms with E-state index in [2.05, 4.69) is 44.2 Å². The molecular weight excluding hydrogens is 194 g/mol. The van der Waals surface area contributed by atoms with Gasteiger partial charge in [0.15, 0.2) is 0 Å². The molecule has 82 valence electrons. The summed E-state index contributed by atoms with van der Waals surface area (Å²) in [4.78, 5) is 0. The Morgan fingerprint density at radius 3 is 2.12 bits per heavy atom. The Kier molecular flexibility index (Phi) is 3.07. The van der Waals surface area contributed by atoms with Crippen LogP contribution in [0.4, 0.5) is 0 Å². The van der Waals surface area contributed by atoms with E-state index in [1.807, 2.05) is 18.2 Å². The Balaban J connectivity index is 2.34. The molecule has 0 radical (unpaired) electrons. The van der Waals surface area contributed by atoms with Gasteiger partial charge >= 0.3 is 0 Å². The molecule has 0 spiro atoms. The second-order valence-electron chi connectivity index (χ2n) is 4.23. The van der Waals surface area contributed by atoms with Crippen molar-refractivity contribution in [3.8, 4) is 0 Å². The molecule has 1 unspecified atom stereocenters. The first-order chi connectivity index (χ1) is 7.68. The molecular formula is C15H17N. The van der Waals surface area contributed by atoms with Crippen LogP contribution in [0.15, 0.2) is 48.5 Å². The van der Waals surface area contributed by atoms with Crippen molar-refractivity contribution in [1.29, 1.82) is 0 Å². The minimum atomic E-state index is -0.0273. The highest BCUT2D eigenvalue weighted by atomic mass is 14.6. The van der Waals surface area contributed by atoms with Gasteiger partial charge in [0.25, 0.3) is 0 Å². The third-order valence-corrected chi connectivity index (χ3v) is 3.05. The fourth-order valence-electron chi connectivity index (χ4n) is 1.81. The highest BCUT2D eigenvalue weighted by Crippen LogP contribution is 2.21. The normalized spacial score (nSPS) is 12.4. The summed E-state index contributed by atoms with van der Waals surface area (Å²) >= 11 is 0. The summed E-state index contributed by atoms with van der Waals surface area (Å²) < 4.78 is 0. The van der Waals surface area contributed by atoms with E-state index < -0.39 is 0 Å². The molecule has 1 atom stereocenters. The van der Waals surface area contributed by atoms with E-state index in [-0.39, 0.29) is 6.04 Å². The molecule has 0 aliphatic heterocycles. The number of rotatable bonds is 2. The third kappa shape index (κ3) is 2.15. The fourth-order valence-corrected chi connectivity index (χ4v) is 1.81. The van der Waals surface area contributed by atoms with Gasteiger partial charge in [-0.3, -0.25) is 0 Å². The van der Waals surface area contributed by atoms with Crippen LogP contribution in [0.25, 0.3) is 0 Å². The van der Waals surface area contributed by atoms with Crippen molar-refractivity contribution >= 4 is 0 Å². The van der Waals surface area contributed by atoms with Crippen molar-refractivity contribution < 1.29 is 0 Å². The summed E-state index contributed by atoms with van der Waals surface area (Å²) in [7, 11) is 0. The molecule has 16 heavy (non-hydrogen) atoms. The van der Waals surface area contributed by atoms with Gasteiger partial charge in [-0.05, 0) is 36.1 Å². The van der Waals surface area contributed by atoms with Crippen molar-refractivity contribution in [1.82, 2.24) is 0 Å². The molecule has 1 heteroatoms. The average Bonchev–Trinajstić information content (AvgIpc) is 2.33. The Morgan fingerprint density at radius 1 is 0.812 bits per heavy atom. The molecule has 0 saturated carbocycles. The number of hydrogen-bond donors (Lipinski definition) is 1. The van der Waals surface area contributed by atoms with E-state index >= 15 is 0 Å². The van der Waals surface area contributed by atoms with Gasteiger partial charge in [-0.25, -0.2) is 0 Å². The number of benzene rings is 2. The summed E-state index contributed by atoms with van der Waals surface area (Å²) in [6.07, 6.45) is 0. The molecule has 2 rings (SSSR count). The van der Waals surface area contributed by atoms with Crippen LogP contribution in [0.3, 0.4) is 0 Å². The minimum Gasteiger partial charge on any atom is -0.320 e. The van der Waals surface area contributed by atoms with E-state index in [0.717, 1.165) is 5.56 Å². The SMILES string of the molecule is Cc1ccc(C(N)c2ccccc2)cc1C. The monoisotopic (exact) mass is 211 g/mol. The molecule has 0 fully saturated rings. The van der Waals surface area contributed by atoms with Gasteiger partial charge in [0.05, 0.1) is 6.04 Å². The van der Waals surface area contributed by atoms with Gasteiger partial charge in [-0.15, -0.1) is 0 Å². The molecule has 0 aromatic heterocycles. The number of hydrogen-bond acceptors (Lipinski definition) is 1. The van der Waals surface area contributed by atoms with E-state index in [1.165, 1.54) is 16.7 Å². The second kappa shape index (κ2) is 4.50. The van der Waals surface area contributed by atoms with Crippen LogP contribution < -0.4 is 5.73 Å². The maximum Gasteiger partial charge on any atom is 0.0551 e. The van der Waals surface area contributed by atoms with Crippen molar-refractivity contribution in [2.75, 3.05) is 0 Å². The average molecular weight is 211 g/mol. The first-order valence-corrected chi connectivity index (χ1v) is 5.56. The second-order valence-corrected chi connectivity index (χ2v) is 4.23. The standard InChI is InChI=1S/C15H17N/c1-11-8-9-14(10-12(11)2)15(16)13-6-4-3-5-7-13/h3-10,15H,16H2,1-2H3. The first kappa shape index (κ1) is 10.9. The maximum absolute atomic E-state index is 6.24. The summed E-state index contributed by atoms with van der Waals surface area (Å²) in [5, 5.41) is 0. The van der Waals surface area contributed by atoms with Crippen LogP contribution >= 0.6 is 0 Å². The Hall–Kier alpha value is -1.60. The van der Waals surface area contributed by atoms with Crippen LogP contribution in [-0.2, 0) is 0 Å². The lowest BCUT2D eigenvalue weighted by atomic mass is 9.96. The molecule has 2 N–H and O–H groups in total. The lowest BCUT2D eigenvalue weighted by molar-refractivity contribution is 0.869. The summed E-state index contributed by atoms with van der Waals surface area (Å²) in [5.74, 6) is 0. The van der Waals surface area contributed by atoms with Crippen LogP contribution in [0.1, 0.15) is 28.3 Å². The molecule has 2 aromatic carbocycles. The fraction of sp³-hybridized carbons (Fsp3) is 0.200. The minimum absolute atomic E-state index is 0.0273. The third-order valence-electron chi connectivity index (χ3n) is 3.05. The zero-order chi connectivity index (χ0) is 11.5. The Bertz CT molecular complexity index is 474. The number of nitrogens with two attached hydrogens (primary N) is 1. The molecule has 0 heterocycles. The van der Waals surface area contributed by atoms with E-state index in [1.54, 1.807) is 0 Å².